The van der Waals surface area contributed by atoms with Crippen LogP contribution in [-0.2, 0) is 25.4 Å². The molecule has 0 amide bonds. The Kier molecular flexibility index (Phi) is 9.57. The molecule has 0 unspecified atom stereocenters. The summed E-state index contributed by atoms with van der Waals surface area (Å²) < 4.78 is 18.9. The third kappa shape index (κ3) is 6.92. The number of aryl methyl sites for hydroxylation is 1. The van der Waals surface area contributed by atoms with Gasteiger partial charge in [0.2, 0.25) is 0 Å². The van der Waals surface area contributed by atoms with Gasteiger partial charge in [-0.1, -0.05) is 12.6 Å². The van der Waals surface area contributed by atoms with Crippen LogP contribution in [0.15, 0.2) is 48.3 Å². The topological polar surface area (TPSA) is 86.0 Å². The molecule has 3 rings (SSSR count). The Hall–Kier alpha value is -2.94. The second kappa shape index (κ2) is 12.3. The van der Waals surface area contributed by atoms with Crippen molar-refractivity contribution < 1.29 is 24.1 Å². The van der Waals surface area contributed by atoms with Crippen LogP contribution in [0.3, 0.4) is 0 Å². The lowest BCUT2D eigenvalue weighted by Gasteiger charge is -2.26. The summed E-state index contributed by atoms with van der Waals surface area (Å²) in [4.78, 5) is 19.8. The number of fused-ring (bicyclic) bond motifs is 1. The number of benzene rings is 1. The van der Waals surface area contributed by atoms with E-state index in [1.54, 1.807) is 21.1 Å². The van der Waals surface area contributed by atoms with E-state index < -0.39 is 17.6 Å². The minimum Gasteiger partial charge on any atom is -0.460 e. The number of carbonyl (C=O) groups is 1. The average molecular weight is 526 g/mol. The van der Waals surface area contributed by atoms with Crippen molar-refractivity contribution in [3.63, 3.8) is 0 Å². The van der Waals surface area contributed by atoms with Crippen LogP contribution >= 0.6 is 0 Å². The Bertz CT molecular complexity index is 1210. The maximum atomic E-state index is 12.7. The summed E-state index contributed by atoms with van der Waals surface area (Å²) in [5.74, 6) is -0.159. The number of aromatic nitrogens is 2. The largest absolute Gasteiger partial charge is 0.460 e. The molecule has 0 saturated heterocycles. The zero-order valence-corrected chi connectivity index (χ0v) is 24.1. The molecule has 1 aliphatic rings. The predicted octanol–water partition coefficient (Wildman–Crippen LogP) is 4.89. The molecule has 208 valence electrons. The third-order valence-corrected chi connectivity index (χ3v) is 6.72. The van der Waals surface area contributed by atoms with E-state index in [0.29, 0.717) is 26.1 Å². The first-order valence-corrected chi connectivity index (χ1v) is 13.1. The summed E-state index contributed by atoms with van der Waals surface area (Å²) in [6, 6.07) is 6.05. The second-order valence-corrected chi connectivity index (χ2v) is 11.1. The van der Waals surface area contributed by atoms with Crippen molar-refractivity contribution in [2.45, 2.75) is 65.2 Å². The molecule has 1 aromatic carbocycles. The van der Waals surface area contributed by atoms with Gasteiger partial charge < -0.3 is 28.8 Å². The second-order valence-electron chi connectivity index (χ2n) is 11.1. The molecular formula is C30H43N3O5. The number of hydrogen-bond acceptors (Lipinski definition) is 7. The lowest BCUT2D eigenvalue weighted by Crippen LogP contribution is -2.34. The summed E-state index contributed by atoms with van der Waals surface area (Å²) in [5, 5.41) is 10.3. The van der Waals surface area contributed by atoms with Crippen molar-refractivity contribution in [2.24, 2.45) is 5.92 Å². The molecule has 8 nitrogen and oxygen atoms in total. The van der Waals surface area contributed by atoms with Crippen molar-refractivity contribution in [2.75, 3.05) is 34.5 Å². The lowest BCUT2D eigenvalue weighted by atomic mass is 9.94. The number of likely N-dealkylation sites (N-methyl/N-ethyl adjacent to an activating group) is 1. The molecule has 1 aliphatic heterocycles. The van der Waals surface area contributed by atoms with Crippen LogP contribution in [0.1, 0.15) is 58.5 Å². The molecule has 1 N–H and O–H groups in total. The van der Waals surface area contributed by atoms with Crippen molar-refractivity contribution in [1.29, 1.82) is 0 Å². The number of carbonyl (C=O) groups excluding carboxylic acids is 1. The van der Waals surface area contributed by atoms with Crippen molar-refractivity contribution in [3.8, 4) is 0 Å². The van der Waals surface area contributed by atoms with E-state index in [4.69, 9.17) is 19.2 Å². The molecule has 38 heavy (non-hydrogen) atoms. The van der Waals surface area contributed by atoms with Crippen LogP contribution in [0.5, 0.6) is 0 Å². The minimum atomic E-state index is -0.807. The van der Waals surface area contributed by atoms with Crippen LogP contribution in [0.2, 0.25) is 0 Å². The molecule has 2 atom stereocenters. The van der Waals surface area contributed by atoms with Gasteiger partial charge in [-0.15, -0.1) is 0 Å². The molecular weight excluding hydrogens is 482 g/mol. The predicted molar refractivity (Wildman–Crippen MR) is 150 cm³/mol. The first-order chi connectivity index (χ1) is 17.9. The number of ether oxygens (including phenoxy) is 3. The molecule has 0 fully saturated rings. The standard InChI is InChI=1S/C30H43N3O5/c1-19-14-23(16-32(7)20(19)2)28-31-26-13-11-22(15-27(26)33(28)24(17-36-8)18-37-9)10-12-25(21(3)34)29(35)38-30(4,5)6/h11,13-16,21,24-25,34H,2,10,12,17-18H2,1,3-9H3/t21-,25+/m1/s1. The van der Waals surface area contributed by atoms with Gasteiger partial charge in [-0.3, -0.25) is 4.79 Å². The van der Waals surface area contributed by atoms with Gasteiger partial charge in [0.15, 0.2) is 0 Å². The molecule has 0 bridgehead atoms. The maximum Gasteiger partial charge on any atom is 0.312 e. The molecule has 0 spiro atoms. The Morgan fingerprint density at radius 1 is 1.18 bits per heavy atom. The number of hydrogen-bond donors (Lipinski definition) is 1. The first-order valence-electron chi connectivity index (χ1n) is 13.1. The molecule has 8 heteroatoms. The van der Waals surface area contributed by atoms with Gasteiger partial charge in [-0.05, 0) is 76.8 Å². The van der Waals surface area contributed by atoms with Gasteiger partial charge in [0, 0.05) is 38.7 Å². The summed E-state index contributed by atoms with van der Waals surface area (Å²) in [6.07, 6.45) is 4.41. The highest BCUT2D eigenvalue weighted by atomic mass is 16.6. The number of rotatable bonds is 11. The van der Waals surface area contributed by atoms with Gasteiger partial charge in [0.05, 0.1) is 42.3 Å². The lowest BCUT2D eigenvalue weighted by molar-refractivity contribution is -0.163. The number of methoxy groups -OCH3 is 2. The van der Waals surface area contributed by atoms with E-state index in [2.05, 4.69) is 23.3 Å². The monoisotopic (exact) mass is 525 g/mol. The molecule has 2 aromatic rings. The van der Waals surface area contributed by atoms with E-state index in [9.17, 15) is 9.90 Å². The maximum absolute atomic E-state index is 12.7. The molecule has 0 radical (unpaired) electrons. The van der Waals surface area contributed by atoms with Crippen LogP contribution in [0, 0.1) is 5.92 Å². The van der Waals surface area contributed by atoms with Gasteiger partial charge >= 0.3 is 5.97 Å². The number of aliphatic hydroxyl groups excluding tert-OH is 1. The van der Waals surface area contributed by atoms with Crippen LogP contribution < -0.4 is 0 Å². The molecule has 0 saturated carbocycles. The number of imidazole rings is 1. The van der Waals surface area contributed by atoms with Gasteiger partial charge in [0.25, 0.3) is 0 Å². The molecule has 0 aliphatic carbocycles. The highest BCUT2D eigenvalue weighted by molar-refractivity contribution is 5.84. The molecule has 2 heterocycles. The third-order valence-electron chi connectivity index (χ3n) is 6.72. The van der Waals surface area contributed by atoms with E-state index in [1.807, 2.05) is 58.0 Å². The van der Waals surface area contributed by atoms with Gasteiger partial charge in [-0.25, -0.2) is 4.98 Å². The van der Waals surface area contributed by atoms with Crippen molar-refractivity contribution in [3.05, 3.63) is 59.7 Å². The zero-order chi connectivity index (χ0) is 28.2. The fourth-order valence-corrected chi connectivity index (χ4v) is 4.75. The smallest absolute Gasteiger partial charge is 0.312 e. The summed E-state index contributed by atoms with van der Waals surface area (Å²) >= 11 is 0. The van der Waals surface area contributed by atoms with Gasteiger partial charge in [-0.2, -0.15) is 0 Å². The average Bonchev–Trinajstić information content (AvgIpc) is 3.19. The zero-order valence-electron chi connectivity index (χ0n) is 24.1. The van der Waals surface area contributed by atoms with Crippen LogP contribution in [-0.4, -0.2) is 71.7 Å². The highest BCUT2D eigenvalue weighted by Crippen LogP contribution is 2.32. The van der Waals surface area contributed by atoms with E-state index >= 15 is 0 Å². The number of allylic oxidation sites excluding steroid dienone is 3. The minimum absolute atomic E-state index is 0.0998. The van der Waals surface area contributed by atoms with E-state index in [1.165, 1.54) is 0 Å². The summed E-state index contributed by atoms with van der Waals surface area (Å²) in [7, 11) is 5.35. The number of esters is 1. The fourth-order valence-electron chi connectivity index (χ4n) is 4.75. The first kappa shape index (κ1) is 29.6. The van der Waals surface area contributed by atoms with E-state index in [0.717, 1.165) is 39.3 Å². The SMILES string of the molecule is C=C1C(C)=CC(c2nc3ccc(CC[C@H](C(=O)OC(C)(C)C)[C@@H](C)O)cc3n2C(COC)COC)=CN1C. The van der Waals surface area contributed by atoms with Crippen molar-refractivity contribution >= 4 is 22.6 Å². The number of nitrogens with zero attached hydrogens (tertiary/aromatic N) is 3. The molecule has 1 aromatic heterocycles. The quantitative estimate of drug-likeness (QED) is 0.418. The van der Waals surface area contributed by atoms with Gasteiger partial charge in [0.1, 0.15) is 11.4 Å². The highest BCUT2D eigenvalue weighted by Gasteiger charge is 2.29. The Morgan fingerprint density at radius 2 is 1.84 bits per heavy atom. The van der Waals surface area contributed by atoms with Crippen molar-refractivity contribution in [1.82, 2.24) is 14.5 Å². The Balaban J connectivity index is 2.03. The van der Waals surface area contributed by atoms with Crippen LogP contribution in [0.4, 0.5) is 0 Å². The van der Waals surface area contributed by atoms with E-state index in [-0.39, 0.29) is 12.0 Å². The Morgan fingerprint density at radius 3 is 2.39 bits per heavy atom. The summed E-state index contributed by atoms with van der Waals surface area (Å²) in [6.45, 7) is 14.2. The Labute approximate surface area is 226 Å². The normalized spacial score (nSPS) is 16.1. The van der Waals surface area contributed by atoms with Crippen LogP contribution in [0.25, 0.3) is 16.6 Å². The fraction of sp³-hybridized carbons (Fsp3) is 0.533. The summed E-state index contributed by atoms with van der Waals surface area (Å²) in [5.41, 5.74) is 5.26. The number of aliphatic hydroxyl groups is 1.